The molecule has 0 radical (unpaired) electrons. The zero-order valence-corrected chi connectivity index (χ0v) is 9.64. The smallest absolute Gasteiger partial charge is 0.0897 e. The number of hydrogen-bond donors (Lipinski definition) is 1. The van der Waals surface area contributed by atoms with E-state index in [2.05, 4.69) is 10.4 Å². The van der Waals surface area contributed by atoms with Crippen LogP contribution in [0.4, 0.5) is 0 Å². The van der Waals surface area contributed by atoms with Gasteiger partial charge in [-0.05, 0) is 19.8 Å². The van der Waals surface area contributed by atoms with E-state index in [-0.39, 0.29) is 6.04 Å². The number of aryl methyl sites for hydroxylation is 1. The third-order valence-electron chi connectivity index (χ3n) is 2.06. The second-order valence-corrected chi connectivity index (χ2v) is 4.52. The predicted molar refractivity (Wildman–Crippen MR) is 59.6 cm³/mol. The Morgan fingerprint density at radius 1 is 1.64 bits per heavy atom. The van der Waals surface area contributed by atoms with Crippen LogP contribution in [-0.2, 0) is 11.2 Å². The van der Waals surface area contributed by atoms with Gasteiger partial charge in [-0.2, -0.15) is 0 Å². The molecule has 0 saturated carbocycles. The van der Waals surface area contributed by atoms with E-state index in [4.69, 9.17) is 10.5 Å². The SMILES string of the molecule is COCCCC(N)Cc1csc(C)n1. The summed E-state index contributed by atoms with van der Waals surface area (Å²) in [6.45, 7) is 2.81. The van der Waals surface area contributed by atoms with Crippen LogP contribution in [0.2, 0.25) is 0 Å². The fraction of sp³-hybridized carbons (Fsp3) is 0.700. The Morgan fingerprint density at radius 3 is 3.00 bits per heavy atom. The second-order valence-electron chi connectivity index (χ2n) is 3.46. The molecule has 2 N–H and O–H groups in total. The molecular formula is C10H18N2OS. The van der Waals surface area contributed by atoms with Crippen molar-refractivity contribution in [2.45, 2.75) is 32.2 Å². The zero-order chi connectivity index (χ0) is 10.4. The Morgan fingerprint density at radius 2 is 2.43 bits per heavy atom. The van der Waals surface area contributed by atoms with Crippen LogP contribution in [0, 0.1) is 6.92 Å². The first-order chi connectivity index (χ1) is 6.72. The molecule has 0 bridgehead atoms. The molecule has 3 nitrogen and oxygen atoms in total. The molecule has 14 heavy (non-hydrogen) atoms. The first-order valence-electron chi connectivity index (χ1n) is 4.88. The molecule has 1 unspecified atom stereocenters. The molecule has 1 atom stereocenters. The lowest BCUT2D eigenvalue weighted by atomic mass is 10.1. The van der Waals surface area contributed by atoms with Crippen LogP contribution in [-0.4, -0.2) is 24.7 Å². The van der Waals surface area contributed by atoms with Gasteiger partial charge in [0.25, 0.3) is 0 Å². The molecule has 1 aromatic rings. The van der Waals surface area contributed by atoms with Gasteiger partial charge in [0, 0.05) is 31.6 Å². The van der Waals surface area contributed by atoms with Crippen LogP contribution < -0.4 is 5.73 Å². The topological polar surface area (TPSA) is 48.1 Å². The average molecular weight is 214 g/mol. The summed E-state index contributed by atoms with van der Waals surface area (Å²) in [5, 5.41) is 3.20. The molecule has 0 saturated heterocycles. The van der Waals surface area contributed by atoms with E-state index >= 15 is 0 Å². The van der Waals surface area contributed by atoms with Crippen molar-refractivity contribution >= 4 is 11.3 Å². The molecule has 0 fully saturated rings. The number of ether oxygens (including phenoxy) is 1. The van der Waals surface area contributed by atoms with Crippen LogP contribution in [0.25, 0.3) is 0 Å². The van der Waals surface area contributed by atoms with E-state index < -0.39 is 0 Å². The molecular weight excluding hydrogens is 196 g/mol. The summed E-state index contributed by atoms with van der Waals surface area (Å²) in [5.74, 6) is 0. The van der Waals surface area contributed by atoms with Crippen LogP contribution in [0.5, 0.6) is 0 Å². The minimum Gasteiger partial charge on any atom is -0.385 e. The van der Waals surface area contributed by atoms with Crippen molar-refractivity contribution in [3.63, 3.8) is 0 Å². The quantitative estimate of drug-likeness (QED) is 0.734. The lowest BCUT2D eigenvalue weighted by Crippen LogP contribution is -2.23. The summed E-state index contributed by atoms with van der Waals surface area (Å²) < 4.78 is 4.98. The highest BCUT2D eigenvalue weighted by Gasteiger charge is 2.06. The number of methoxy groups -OCH3 is 1. The van der Waals surface area contributed by atoms with Crippen molar-refractivity contribution in [1.29, 1.82) is 0 Å². The summed E-state index contributed by atoms with van der Waals surface area (Å²) in [6.07, 6.45) is 2.92. The molecule has 1 heterocycles. The zero-order valence-electron chi connectivity index (χ0n) is 8.82. The van der Waals surface area contributed by atoms with Gasteiger partial charge in [0.05, 0.1) is 10.7 Å². The number of aromatic nitrogens is 1. The maximum atomic E-state index is 5.96. The Hall–Kier alpha value is -0.450. The molecule has 80 valence electrons. The minimum absolute atomic E-state index is 0.214. The third kappa shape index (κ3) is 4.17. The summed E-state index contributed by atoms with van der Waals surface area (Å²) in [7, 11) is 1.72. The Bertz CT molecular complexity index is 262. The van der Waals surface area contributed by atoms with E-state index in [1.807, 2.05) is 6.92 Å². The average Bonchev–Trinajstić information content (AvgIpc) is 2.52. The van der Waals surface area contributed by atoms with E-state index in [0.717, 1.165) is 36.6 Å². The lowest BCUT2D eigenvalue weighted by molar-refractivity contribution is 0.190. The molecule has 0 spiro atoms. The molecule has 0 aliphatic carbocycles. The van der Waals surface area contributed by atoms with E-state index in [0.29, 0.717) is 0 Å². The number of nitrogens with two attached hydrogens (primary N) is 1. The van der Waals surface area contributed by atoms with E-state index in [1.54, 1.807) is 18.4 Å². The van der Waals surface area contributed by atoms with Crippen molar-refractivity contribution in [1.82, 2.24) is 4.98 Å². The molecule has 0 aliphatic heterocycles. The molecule has 0 amide bonds. The number of thiazole rings is 1. The van der Waals surface area contributed by atoms with Crippen LogP contribution in [0.15, 0.2) is 5.38 Å². The van der Waals surface area contributed by atoms with E-state index in [9.17, 15) is 0 Å². The number of rotatable bonds is 6. The minimum atomic E-state index is 0.214. The number of nitrogens with zero attached hydrogens (tertiary/aromatic N) is 1. The normalized spacial score (nSPS) is 13.1. The van der Waals surface area contributed by atoms with Crippen molar-refractivity contribution in [2.75, 3.05) is 13.7 Å². The highest BCUT2D eigenvalue weighted by Crippen LogP contribution is 2.10. The summed E-state index contributed by atoms with van der Waals surface area (Å²) in [5.41, 5.74) is 7.09. The van der Waals surface area contributed by atoms with Crippen LogP contribution in [0.3, 0.4) is 0 Å². The van der Waals surface area contributed by atoms with Crippen molar-refractivity contribution in [3.8, 4) is 0 Å². The maximum absolute atomic E-state index is 5.96. The largest absolute Gasteiger partial charge is 0.385 e. The van der Waals surface area contributed by atoms with Crippen molar-refractivity contribution in [2.24, 2.45) is 5.73 Å². The maximum Gasteiger partial charge on any atom is 0.0897 e. The highest BCUT2D eigenvalue weighted by atomic mass is 32.1. The first-order valence-corrected chi connectivity index (χ1v) is 5.76. The van der Waals surface area contributed by atoms with Gasteiger partial charge in [0.15, 0.2) is 0 Å². The summed E-state index contributed by atoms with van der Waals surface area (Å²) in [4.78, 5) is 4.39. The van der Waals surface area contributed by atoms with Gasteiger partial charge in [-0.25, -0.2) is 4.98 Å². The molecule has 0 aliphatic rings. The summed E-state index contributed by atoms with van der Waals surface area (Å²) in [6, 6.07) is 0.214. The van der Waals surface area contributed by atoms with Gasteiger partial charge >= 0.3 is 0 Å². The Kier molecular flexibility index (Phi) is 5.07. The van der Waals surface area contributed by atoms with Gasteiger partial charge in [-0.1, -0.05) is 0 Å². The third-order valence-corrected chi connectivity index (χ3v) is 2.88. The monoisotopic (exact) mass is 214 g/mol. The van der Waals surface area contributed by atoms with Crippen LogP contribution in [0.1, 0.15) is 23.5 Å². The highest BCUT2D eigenvalue weighted by molar-refractivity contribution is 7.09. The first kappa shape index (κ1) is 11.6. The Balaban J connectivity index is 2.23. The van der Waals surface area contributed by atoms with Gasteiger partial charge in [-0.15, -0.1) is 11.3 Å². The fourth-order valence-electron chi connectivity index (χ4n) is 1.36. The predicted octanol–water partition coefficient (Wildman–Crippen LogP) is 1.75. The van der Waals surface area contributed by atoms with E-state index in [1.165, 1.54) is 0 Å². The molecule has 4 heteroatoms. The second kappa shape index (κ2) is 6.11. The summed E-state index contributed by atoms with van der Waals surface area (Å²) >= 11 is 1.68. The fourth-order valence-corrected chi connectivity index (χ4v) is 1.99. The molecule has 1 rings (SSSR count). The standard InChI is InChI=1S/C10H18N2OS/c1-8-12-10(7-14-8)6-9(11)4-3-5-13-2/h7,9H,3-6,11H2,1-2H3. The Labute approximate surface area is 89.3 Å². The van der Waals surface area contributed by atoms with Crippen molar-refractivity contribution in [3.05, 3.63) is 16.1 Å². The van der Waals surface area contributed by atoms with Gasteiger partial charge in [-0.3, -0.25) is 0 Å². The molecule has 1 aromatic heterocycles. The van der Waals surface area contributed by atoms with Gasteiger partial charge in [0.2, 0.25) is 0 Å². The number of hydrogen-bond acceptors (Lipinski definition) is 4. The van der Waals surface area contributed by atoms with Crippen molar-refractivity contribution < 1.29 is 4.74 Å². The molecule has 0 aromatic carbocycles. The van der Waals surface area contributed by atoms with Gasteiger partial charge < -0.3 is 10.5 Å². The van der Waals surface area contributed by atoms with Crippen LogP contribution >= 0.6 is 11.3 Å². The van der Waals surface area contributed by atoms with Gasteiger partial charge in [0.1, 0.15) is 0 Å². The lowest BCUT2D eigenvalue weighted by Gasteiger charge is -2.08.